The van der Waals surface area contributed by atoms with E-state index in [2.05, 4.69) is 5.32 Å². The minimum Gasteiger partial charge on any atom is -0.355 e. The van der Waals surface area contributed by atoms with E-state index in [4.69, 9.17) is 0 Å². The van der Waals surface area contributed by atoms with Crippen molar-refractivity contribution >= 4 is 12.3 Å². The summed E-state index contributed by atoms with van der Waals surface area (Å²) in [4.78, 5) is 24.8. The molecule has 2 aliphatic heterocycles. The Hall–Kier alpha value is -1.91. The fraction of sp³-hybridized carbons (Fsp3) is 0.500. The molecule has 2 bridgehead atoms. The third-order valence-electron chi connectivity index (χ3n) is 4.50. The molecule has 4 nitrogen and oxygen atoms in total. The van der Waals surface area contributed by atoms with Crippen LogP contribution in [0.15, 0.2) is 24.3 Å². The third-order valence-corrected chi connectivity index (χ3v) is 4.50. The lowest BCUT2D eigenvalue weighted by Crippen LogP contribution is -2.47. The number of nitrogens with zero attached hydrogens (tertiary/aromatic N) is 1. The molecule has 0 spiro atoms. The second kappa shape index (κ2) is 5.84. The Balaban J connectivity index is 1.72. The van der Waals surface area contributed by atoms with Gasteiger partial charge in [-0.3, -0.25) is 9.59 Å². The van der Waals surface area contributed by atoms with E-state index in [1.54, 1.807) is 12.1 Å². The molecular formula is C16H19FN2O2. The molecule has 112 valence electrons. The first-order valence-electron chi connectivity index (χ1n) is 7.41. The van der Waals surface area contributed by atoms with Crippen molar-refractivity contribution in [2.45, 2.75) is 50.5 Å². The number of benzene rings is 1. The summed E-state index contributed by atoms with van der Waals surface area (Å²) in [6.45, 7) is 0.455. The topological polar surface area (TPSA) is 49.4 Å². The molecule has 2 aliphatic rings. The molecule has 2 saturated heterocycles. The van der Waals surface area contributed by atoms with Crippen molar-refractivity contribution in [3.8, 4) is 0 Å². The molecule has 1 aromatic rings. The van der Waals surface area contributed by atoms with Gasteiger partial charge in [0.1, 0.15) is 6.17 Å². The number of hydrogen-bond donors (Lipinski definition) is 1. The number of halogens is 1. The molecule has 0 aliphatic carbocycles. The quantitative estimate of drug-likeness (QED) is 0.863. The largest absolute Gasteiger partial charge is 0.355 e. The molecule has 21 heavy (non-hydrogen) atoms. The molecule has 5 heteroatoms. The van der Waals surface area contributed by atoms with Gasteiger partial charge >= 0.3 is 0 Å². The van der Waals surface area contributed by atoms with Crippen molar-refractivity contribution in [3.05, 3.63) is 35.4 Å². The van der Waals surface area contributed by atoms with Crippen molar-refractivity contribution < 1.29 is 14.0 Å². The molecule has 2 atom stereocenters. The number of nitrogens with one attached hydrogen (secondary N) is 1. The highest BCUT2D eigenvalue weighted by Crippen LogP contribution is 2.37. The average Bonchev–Trinajstić information content (AvgIpc) is 2.77. The standard InChI is InChI=1S/C16H19FN2O2/c17-13-7-14-5-6-15(8-13)19(14)16(21)12-3-1-11(2-4-12)9-18-10-20/h1-4,10,13-15H,5-9H2,(H,18,20). The minimum absolute atomic E-state index is 0.00398. The Kier molecular flexibility index (Phi) is 3.90. The second-order valence-corrected chi connectivity index (χ2v) is 5.86. The van der Waals surface area contributed by atoms with E-state index >= 15 is 0 Å². The Morgan fingerprint density at radius 2 is 1.86 bits per heavy atom. The van der Waals surface area contributed by atoms with Gasteiger partial charge in [-0.1, -0.05) is 12.1 Å². The first-order valence-corrected chi connectivity index (χ1v) is 7.41. The molecule has 2 fully saturated rings. The third kappa shape index (κ3) is 2.77. The summed E-state index contributed by atoms with van der Waals surface area (Å²) in [5.41, 5.74) is 1.59. The number of amides is 2. The number of hydrogen-bond acceptors (Lipinski definition) is 2. The van der Waals surface area contributed by atoms with E-state index < -0.39 is 6.17 Å². The van der Waals surface area contributed by atoms with Crippen LogP contribution in [0.3, 0.4) is 0 Å². The van der Waals surface area contributed by atoms with Gasteiger partial charge in [0.15, 0.2) is 0 Å². The fourth-order valence-electron chi connectivity index (χ4n) is 3.52. The zero-order chi connectivity index (χ0) is 14.8. The van der Waals surface area contributed by atoms with Gasteiger partial charge in [-0.25, -0.2) is 4.39 Å². The second-order valence-electron chi connectivity index (χ2n) is 5.86. The van der Waals surface area contributed by atoms with Crippen LogP contribution in [-0.2, 0) is 11.3 Å². The van der Waals surface area contributed by atoms with Crippen LogP contribution in [0.4, 0.5) is 4.39 Å². The Morgan fingerprint density at radius 1 is 1.24 bits per heavy atom. The maximum atomic E-state index is 13.6. The number of carbonyl (C=O) groups excluding carboxylic acids is 2. The Morgan fingerprint density at radius 3 is 2.43 bits per heavy atom. The molecule has 2 amide bonds. The highest BCUT2D eigenvalue weighted by Gasteiger charge is 2.43. The van der Waals surface area contributed by atoms with Gasteiger partial charge in [0.05, 0.1) is 0 Å². The zero-order valence-electron chi connectivity index (χ0n) is 11.8. The number of carbonyl (C=O) groups is 2. The van der Waals surface area contributed by atoms with E-state index in [1.165, 1.54) is 0 Å². The van der Waals surface area contributed by atoms with Crippen molar-refractivity contribution in [1.29, 1.82) is 0 Å². The SMILES string of the molecule is O=CNCc1ccc(C(=O)N2C3CCC2CC(F)C3)cc1. The minimum atomic E-state index is -0.761. The lowest BCUT2D eigenvalue weighted by molar-refractivity contribution is -0.109. The van der Waals surface area contributed by atoms with E-state index in [0.717, 1.165) is 18.4 Å². The number of rotatable bonds is 4. The van der Waals surface area contributed by atoms with Crippen LogP contribution in [0.2, 0.25) is 0 Å². The lowest BCUT2D eigenvalue weighted by Gasteiger charge is -2.36. The van der Waals surface area contributed by atoms with Crippen molar-refractivity contribution in [1.82, 2.24) is 10.2 Å². The number of piperidine rings is 1. The van der Waals surface area contributed by atoms with Gasteiger partial charge in [0.25, 0.3) is 5.91 Å². The average molecular weight is 290 g/mol. The summed E-state index contributed by atoms with van der Waals surface area (Å²) < 4.78 is 13.6. The maximum absolute atomic E-state index is 13.6. The predicted molar refractivity (Wildman–Crippen MR) is 76.5 cm³/mol. The molecule has 2 heterocycles. The van der Waals surface area contributed by atoms with E-state index in [-0.39, 0.29) is 18.0 Å². The van der Waals surface area contributed by atoms with Gasteiger partial charge in [-0.15, -0.1) is 0 Å². The Bertz CT molecular complexity index is 518. The number of alkyl halides is 1. The molecule has 3 rings (SSSR count). The normalized spacial score (nSPS) is 27.5. The molecule has 0 aromatic heterocycles. The van der Waals surface area contributed by atoms with Gasteiger partial charge in [0.2, 0.25) is 6.41 Å². The molecule has 0 saturated carbocycles. The summed E-state index contributed by atoms with van der Waals surface area (Å²) in [6.07, 6.45) is 2.67. The smallest absolute Gasteiger partial charge is 0.254 e. The molecular weight excluding hydrogens is 271 g/mol. The van der Waals surface area contributed by atoms with Gasteiger partial charge in [0, 0.05) is 24.2 Å². The predicted octanol–water partition coefficient (Wildman–Crippen LogP) is 2.04. The van der Waals surface area contributed by atoms with Crippen LogP contribution in [-0.4, -0.2) is 35.5 Å². The summed E-state index contributed by atoms with van der Waals surface area (Å²) in [5, 5.41) is 2.59. The Labute approximate surface area is 123 Å². The zero-order valence-corrected chi connectivity index (χ0v) is 11.8. The summed E-state index contributed by atoms with van der Waals surface area (Å²) in [5.74, 6) is 0.00398. The highest BCUT2D eigenvalue weighted by molar-refractivity contribution is 5.95. The van der Waals surface area contributed by atoms with E-state index in [0.29, 0.717) is 31.4 Å². The molecule has 1 aromatic carbocycles. The summed E-state index contributed by atoms with van der Waals surface area (Å²) >= 11 is 0. The van der Waals surface area contributed by atoms with Crippen LogP contribution in [0.25, 0.3) is 0 Å². The monoisotopic (exact) mass is 290 g/mol. The highest BCUT2D eigenvalue weighted by atomic mass is 19.1. The van der Waals surface area contributed by atoms with E-state index in [9.17, 15) is 14.0 Å². The van der Waals surface area contributed by atoms with Crippen LogP contribution in [0, 0.1) is 0 Å². The summed E-state index contributed by atoms with van der Waals surface area (Å²) in [7, 11) is 0. The lowest BCUT2D eigenvalue weighted by atomic mass is 9.99. The van der Waals surface area contributed by atoms with Crippen molar-refractivity contribution in [3.63, 3.8) is 0 Å². The van der Waals surface area contributed by atoms with Gasteiger partial charge in [-0.05, 0) is 43.4 Å². The van der Waals surface area contributed by atoms with E-state index in [1.807, 2.05) is 17.0 Å². The summed E-state index contributed by atoms with van der Waals surface area (Å²) in [6, 6.07) is 7.36. The van der Waals surface area contributed by atoms with Crippen LogP contribution < -0.4 is 5.32 Å². The molecule has 2 unspecified atom stereocenters. The van der Waals surface area contributed by atoms with Crippen LogP contribution in [0.1, 0.15) is 41.6 Å². The first kappa shape index (κ1) is 14.0. The number of fused-ring (bicyclic) bond motifs is 2. The first-order chi connectivity index (χ1) is 10.2. The van der Waals surface area contributed by atoms with Crippen molar-refractivity contribution in [2.24, 2.45) is 0 Å². The van der Waals surface area contributed by atoms with Gasteiger partial charge in [-0.2, -0.15) is 0 Å². The van der Waals surface area contributed by atoms with Gasteiger partial charge < -0.3 is 10.2 Å². The van der Waals surface area contributed by atoms with Crippen LogP contribution >= 0.6 is 0 Å². The molecule has 0 radical (unpaired) electrons. The van der Waals surface area contributed by atoms with Crippen molar-refractivity contribution in [2.75, 3.05) is 0 Å². The molecule has 1 N–H and O–H groups in total. The fourth-order valence-corrected chi connectivity index (χ4v) is 3.52. The van der Waals surface area contributed by atoms with Crippen LogP contribution in [0.5, 0.6) is 0 Å². The maximum Gasteiger partial charge on any atom is 0.254 e.